The lowest BCUT2D eigenvalue weighted by molar-refractivity contribution is 0.0751. The fourth-order valence-corrected chi connectivity index (χ4v) is 2.18. The van der Waals surface area contributed by atoms with Crippen LogP contribution in [0, 0.1) is 6.92 Å². The Bertz CT molecular complexity index is 591. The number of nitrogens with two attached hydrogens (primary N) is 1. The van der Waals surface area contributed by atoms with Crippen LogP contribution in [0.5, 0.6) is 0 Å². The molecule has 0 aliphatic heterocycles. The number of amides is 1. The van der Waals surface area contributed by atoms with Crippen molar-refractivity contribution in [2.24, 2.45) is 5.73 Å². The lowest BCUT2D eigenvalue weighted by atomic mass is 10.1. The summed E-state index contributed by atoms with van der Waals surface area (Å²) in [5.74, 6) is -0.00873. The second-order valence-corrected chi connectivity index (χ2v) is 4.70. The average molecular weight is 272 g/mol. The summed E-state index contributed by atoms with van der Waals surface area (Å²) in [5.41, 5.74) is 9.32. The molecule has 0 saturated carbocycles. The number of nitrogens with zero attached hydrogens (tertiary/aromatic N) is 2. The molecule has 1 amide bonds. The maximum Gasteiger partial charge on any atom is 0.257 e. The number of rotatable bonds is 5. The zero-order valence-corrected chi connectivity index (χ0v) is 11.9. The molecule has 0 aliphatic rings. The molecule has 1 aromatic heterocycles. The van der Waals surface area contributed by atoms with E-state index in [9.17, 15) is 4.79 Å². The van der Waals surface area contributed by atoms with E-state index < -0.39 is 0 Å². The summed E-state index contributed by atoms with van der Waals surface area (Å²) < 4.78 is 0. The number of H-pyrrole nitrogens is 1. The molecule has 0 bridgehead atoms. The van der Waals surface area contributed by atoms with Crippen LogP contribution in [0.25, 0.3) is 0 Å². The molecule has 0 saturated heterocycles. The maximum atomic E-state index is 12.5. The molecule has 3 N–H and O–H groups in total. The van der Waals surface area contributed by atoms with Crippen LogP contribution in [0.3, 0.4) is 0 Å². The third-order valence-corrected chi connectivity index (χ3v) is 3.43. The quantitative estimate of drug-likeness (QED) is 0.872. The highest BCUT2D eigenvalue weighted by molar-refractivity contribution is 5.95. The van der Waals surface area contributed by atoms with E-state index in [0.717, 1.165) is 16.8 Å². The maximum absolute atomic E-state index is 12.5. The first-order valence-corrected chi connectivity index (χ1v) is 6.73. The molecule has 0 spiro atoms. The Morgan fingerprint density at radius 3 is 2.60 bits per heavy atom. The van der Waals surface area contributed by atoms with Gasteiger partial charge in [-0.15, -0.1) is 0 Å². The van der Waals surface area contributed by atoms with E-state index >= 15 is 0 Å². The van der Waals surface area contributed by atoms with Gasteiger partial charge in [0.2, 0.25) is 0 Å². The summed E-state index contributed by atoms with van der Waals surface area (Å²) in [6, 6.07) is 7.94. The smallest absolute Gasteiger partial charge is 0.257 e. The second kappa shape index (κ2) is 6.34. The minimum Gasteiger partial charge on any atom is -0.334 e. The molecule has 106 valence electrons. The molecular weight excluding hydrogens is 252 g/mol. The van der Waals surface area contributed by atoms with Crippen LogP contribution in [0.1, 0.15) is 34.1 Å². The van der Waals surface area contributed by atoms with Gasteiger partial charge in [-0.2, -0.15) is 5.10 Å². The van der Waals surface area contributed by atoms with Gasteiger partial charge in [0.05, 0.1) is 11.8 Å². The second-order valence-electron chi connectivity index (χ2n) is 4.70. The van der Waals surface area contributed by atoms with E-state index in [1.54, 1.807) is 11.1 Å². The summed E-state index contributed by atoms with van der Waals surface area (Å²) in [6.45, 7) is 5.50. The van der Waals surface area contributed by atoms with Crippen molar-refractivity contribution in [2.75, 3.05) is 6.54 Å². The van der Waals surface area contributed by atoms with Crippen molar-refractivity contribution in [1.29, 1.82) is 0 Å². The fourth-order valence-electron chi connectivity index (χ4n) is 2.18. The molecule has 5 nitrogen and oxygen atoms in total. The summed E-state index contributed by atoms with van der Waals surface area (Å²) >= 11 is 0. The Labute approximate surface area is 118 Å². The monoisotopic (exact) mass is 272 g/mol. The Hall–Kier alpha value is -2.14. The molecule has 1 heterocycles. The van der Waals surface area contributed by atoms with Gasteiger partial charge in [-0.05, 0) is 25.0 Å². The van der Waals surface area contributed by atoms with E-state index in [1.165, 1.54) is 0 Å². The molecule has 5 heteroatoms. The zero-order chi connectivity index (χ0) is 14.5. The van der Waals surface area contributed by atoms with Crippen molar-refractivity contribution in [2.45, 2.75) is 26.9 Å². The van der Waals surface area contributed by atoms with Crippen LogP contribution in [0.15, 0.2) is 30.5 Å². The number of nitrogens with one attached hydrogen (secondary N) is 1. The minimum absolute atomic E-state index is 0.00873. The normalized spacial score (nSPS) is 10.6. The van der Waals surface area contributed by atoms with E-state index in [2.05, 4.69) is 10.2 Å². The summed E-state index contributed by atoms with van der Waals surface area (Å²) in [4.78, 5) is 14.3. The zero-order valence-electron chi connectivity index (χ0n) is 11.9. The summed E-state index contributed by atoms with van der Waals surface area (Å²) in [7, 11) is 0. The van der Waals surface area contributed by atoms with Gasteiger partial charge in [-0.25, -0.2) is 0 Å². The molecule has 2 rings (SSSR count). The van der Waals surface area contributed by atoms with Crippen LogP contribution < -0.4 is 5.73 Å². The van der Waals surface area contributed by atoms with Crippen LogP contribution in [0.2, 0.25) is 0 Å². The van der Waals surface area contributed by atoms with Gasteiger partial charge in [-0.1, -0.05) is 24.3 Å². The first kappa shape index (κ1) is 14.3. The van der Waals surface area contributed by atoms with Crippen molar-refractivity contribution in [3.05, 3.63) is 52.8 Å². The molecule has 0 atom stereocenters. The van der Waals surface area contributed by atoms with Crippen molar-refractivity contribution in [3.8, 4) is 0 Å². The number of carbonyl (C=O) groups excluding carboxylic acids is 1. The van der Waals surface area contributed by atoms with Gasteiger partial charge in [0.15, 0.2) is 0 Å². The lowest BCUT2D eigenvalue weighted by Crippen LogP contribution is -2.31. The molecule has 2 aromatic rings. The van der Waals surface area contributed by atoms with Crippen LogP contribution in [0.4, 0.5) is 0 Å². The number of hydrogen-bond donors (Lipinski definition) is 2. The summed E-state index contributed by atoms with van der Waals surface area (Å²) in [5, 5.41) is 6.71. The first-order chi connectivity index (χ1) is 9.67. The molecule has 20 heavy (non-hydrogen) atoms. The number of aromatic nitrogens is 2. The van der Waals surface area contributed by atoms with Gasteiger partial charge in [-0.3, -0.25) is 9.89 Å². The van der Waals surface area contributed by atoms with Crippen molar-refractivity contribution in [1.82, 2.24) is 15.1 Å². The molecule has 1 aromatic carbocycles. The van der Waals surface area contributed by atoms with E-state index in [4.69, 9.17) is 5.73 Å². The van der Waals surface area contributed by atoms with Crippen LogP contribution in [-0.4, -0.2) is 27.5 Å². The SMILES string of the molecule is CCN(Cc1ccccc1CN)C(=O)c1cn[nH]c1C. The van der Waals surface area contributed by atoms with Gasteiger partial charge in [0.1, 0.15) is 0 Å². The molecule has 0 fully saturated rings. The predicted octanol–water partition coefficient (Wildman–Crippen LogP) is 1.84. The van der Waals surface area contributed by atoms with Crippen LogP contribution in [-0.2, 0) is 13.1 Å². The predicted molar refractivity (Wildman–Crippen MR) is 78.1 cm³/mol. The van der Waals surface area contributed by atoms with Gasteiger partial charge < -0.3 is 10.6 Å². The largest absolute Gasteiger partial charge is 0.334 e. The standard InChI is InChI=1S/C15H20N4O/c1-3-19(15(20)14-9-17-18-11(14)2)10-13-7-5-4-6-12(13)8-16/h4-7,9H,3,8,10,16H2,1-2H3,(H,17,18). The number of carbonyl (C=O) groups is 1. The molecule has 0 unspecified atom stereocenters. The Balaban J connectivity index is 2.21. The molecule has 0 radical (unpaired) electrons. The number of aryl methyl sites for hydroxylation is 1. The highest BCUT2D eigenvalue weighted by Crippen LogP contribution is 2.14. The van der Waals surface area contributed by atoms with Crippen molar-refractivity contribution < 1.29 is 4.79 Å². The lowest BCUT2D eigenvalue weighted by Gasteiger charge is -2.22. The highest BCUT2D eigenvalue weighted by Gasteiger charge is 2.18. The van der Waals surface area contributed by atoms with Crippen molar-refractivity contribution in [3.63, 3.8) is 0 Å². The average Bonchev–Trinajstić information content (AvgIpc) is 2.90. The highest BCUT2D eigenvalue weighted by atomic mass is 16.2. The van der Waals surface area contributed by atoms with Gasteiger partial charge in [0, 0.05) is 25.3 Å². The topological polar surface area (TPSA) is 75.0 Å². The molecular formula is C15H20N4O. The number of benzene rings is 1. The van der Waals surface area contributed by atoms with Crippen LogP contribution >= 0.6 is 0 Å². The number of aromatic amines is 1. The van der Waals surface area contributed by atoms with Crippen molar-refractivity contribution >= 4 is 5.91 Å². The molecule has 0 aliphatic carbocycles. The van der Waals surface area contributed by atoms with Gasteiger partial charge >= 0.3 is 0 Å². The van der Waals surface area contributed by atoms with E-state index in [-0.39, 0.29) is 5.91 Å². The van der Waals surface area contributed by atoms with E-state index in [1.807, 2.05) is 38.1 Å². The third kappa shape index (κ3) is 2.88. The Morgan fingerprint density at radius 2 is 2.05 bits per heavy atom. The summed E-state index contributed by atoms with van der Waals surface area (Å²) in [6.07, 6.45) is 1.58. The Morgan fingerprint density at radius 1 is 1.35 bits per heavy atom. The first-order valence-electron chi connectivity index (χ1n) is 6.73. The fraction of sp³-hybridized carbons (Fsp3) is 0.333. The Kier molecular flexibility index (Phi) is 4.53. The third-order valence-electron chi connectivity index (χ3n) is 3.43. The minimum atomic E-state index is -0.00873. The van der Waals surface area contributed by atoms with Gasteiger partial charge in [0.25, 0.3) is 5.91 Å². The number of hydrogen-bond acceptors (Lipinski definition) is 3. The van der Waals surface area contributed by atoms with E-state index in [0.29, 0.717) is 25.2 Å².